The molecule has 1 unspecified atom stereocenters. The van der Waals surface area contributed by atoms with Gasteiger partial charge in [0.2, 0.25) is 0 Å². The van der Waals surface area contributed by atoms with Gasteiger partial charge in [-0.3, -0.25) is 14.7 Å². The number of hydrogen-bond donors (Lipinski definition) is 2. The highest BCUT2D eigenvalue weighted by molar-refractivity contribution is 7.89. The first-order chi connectivity index (χ1) is 19.2. The van der Waals surface area contributed by atoms with Crippen LogP contribution in [0.5, 0.6) is 0 Å². The number of hydrogen-bond acceptors (Lipinski definition) is 5. The summed E-state index contributed by atoms with van der Waals surface area (Å²) in [5, 5.41) is 3.05. The standard InChI is InChI=1S/C31H51N5O3S/c1-5-6-7-8-9-10-11-12-13-14-15-28-33-29(37)31(34-28)17-19-36(20-18-31)40(39)21-16-27-24(2)22-26(23-25(27)3)35(4)30(32)38/h22-23H,5-21H2,1-4H3,(H2,32,38)(H,33,34,37). The van der Waals surface area contributed by atoms with Gasteiger partial charge < -0.3 is 15.6 Å². The zero-order valence-electron chi connectivity index (χ0n) is 25.2. The minimum Gasteiger partial charge on any atom is -0.598 e. The van der Waals surface area contributed by atoms with E-state index >= 15 is 0 Å². The quantitative estimate of drug-likeness (QED) is 0.195. The predicted octanol–water partition coefficient (Wildman–Crippen LogP) is 5.70. The lowest BCUT2D eigenvalue weighted by atomic mass is 9.89. The van der Waals surface area contributed by atoms with Gasteiger partial charge in [0.15, 0.2) is 0 Å². The molecule has 3 amide bonds. The zero-order chi connectivity index (χ0) is 29.1. The molecule has 3 N–H and O–H groups in total. The Balaban J connectivity index is 1.40. The Kier molecular flexibility index (Phi) is 12.8. The second kappa shape index (κ2) is 15.8. The van der Waals surface area contributed by atoms with Crippen LogP contribution < -0.4 is 16.0 Å². The predicted molar refractivity (Wildman–Crippen MR) is 166 cm³/mol. The van der Waals surface area contributed by atoms with Crippen LogP contribution in [0, 0.1) is 13.8 Å². The van der Waals surface area contributed by atoms with Gasteiger partial charge in [-0.1, -0.05) is 64.7 Å². The number of aryl methyl sites for hydroxylation is 2. The molecular formula is C31H51N5O3S. The zero-order valence-corrected chi connectivity index (χ0v) is 26.0. The van der Waals surface area contributed by atoms with Crippen molar-refractivity contribution < 1.29 is 14.1 Å². The Morgan fingerprint density at radius 1 is 1.02 bits per heavy atom. The number of primary amides is 1. The molecule has 1 saturated heterocycles. The molecule has 9 heteroatoms. The molecule has 2 aliphatic heterocycles. The summed E-state index contributed by atoms with van der Waals surface area (Å²) < 4.78 is 15.1. The molecule has 2 aliphatic rings. The normalized spacial score (nSPS) is 17.6. The SMILES string of the molecule is CCCCCCCCCCCCC1=NC2(CCN([S+]([O-])CCc3c(C)cc(N(C)C(N)=O)cc3C)CC2)C(=O)N1. The Labute approximate surface area is 244 Å². The van der Waals surface area contributed by atoms with Crippen LogP contribution in [0.1, 0.15) is 107 Å². The summed E-state index contributed by atoms with van der Waals surface area (Å²) in [6.07, 6.45) is 15.7. The topological polar surface area (TPSA) is 114 Å². The van der Waals surface area contributed by atoms with Crippen LogP contribution in [0.3, 0.4) is 0 Å². The molecule has 1 aromatic carbocycles. The average Bonchev–Trinajstić information content (AvgIpc) is 3.22. The van der Waals surface area contributed by atoms with Crippen LogP contribution in [0.4, 0.5) is 10.5 Å². The van der Waals surface area contributed by atoms with Gasteiger partial charge in [-0.2, -0.15) is 0 Å². The molecule has 0 bridgehead atoms. The van der Waals surface area contributed by atoms with Crippen molar-refractivity contribution in [3.63, 3.8) is 0 Å². The van der Waals surface area contributed by atoms with E-state index in [1.165, 1.54) is 62.7 Å². The van der Waals surface area contributed by atoms with E-state index < -0.39 is 22.9 Å². The first-order valence-corrected chi connectivity index (χ1v) is 16.6. The number of urea groups is 1. The summed E-state index contributed by atoms with van der Waals surface area (Å²) >= 11 is -1.13. The van der Waals surface area contributed by atoms with E-state index in [2.05, 4.69) is 12.2 Å². The fourth-order valence-electron chi connectivity index (χ4n) is 5.89. The van der Waals surface area contributed by atoms with Crippen LogP contribution in [0.2, 0.25) is 0 Å². The third kappa shape index (κ3) is 8.95. The number of carbonyl (C=O) groups excluding carboxylic acids is 2. The monoisotopic (exact) mass is 573 g/mol. The second-order valence-electron chi connectivity index (χ2n) is 11.6. The number of nitrogens with one attached hydrogen (secondary N) is 1. The van der Waals surface area contributed by atoms with Crippen molar-refractivity contribution in [1.82, 2.24) is 9.62 Å². The summed E-state index contributed by atoms with van der Waals surface area (Å²) in [6, 6.07) is 3.40. The number of nitrogens with zero attached hydrogens (tertiary/aromatic N) is 3. The van der Waals surface area contributed by atoms with Crippen LogP contribution >= 0.6 is 0 Å². The van der Waals surface area contributed by atoms with Crippen LogP contribution in [-0.4, -0.2) is 58.1 Å². The highest BCUT2D eigenvalue weighted by Gasteiger charge is 2.47. The number of unbranched alkanes of at least 4 members (excludes halogenated alkanes) is 9. The molecule has 8 nitrogen and oxygen atoms in total. The van der Waals surface area contributed by atoms with E-state index in [0.29, 0.717) is 38.1 Å². The first-order valence-electron chi connectivity index (χ1n) is 15.3. The van der Waals surface area contributed by atoms with Gasteiger partial charge in [-0.05, 0) is 61.9 Å². The number of carbonyl (C=O) groups is 2. The maximum Gasteiger partial charge on any atom is 0.318 e. The fraction of sp³-hybridized carbons (Fsp3) is 0.710. The number of rotatable bonds is 16. The minimum absolute atomic E-state index is 0.0206. The molecule has 2 heterocycles. The summed E-state index contributed by atoms with van der Waals surface area (Å²) in [5.41, 5.74) is 8.77. The lowest BCUT2D eigenvalue weighted by Crippen LogP contribution is -2.50. The first kappa shape index (κ1) is 32.4. The molecule has 1 spiro atoms. The third-order valence-corrected chi connectivity index (χ3v) is 10.1. The van der Waals surface area contributed by atoms with Crippen molar-refractivity contribution >= 4 is 34.8 Å². The van der Waals surface area contributed by atoms with Crippen molar-refractivity contribution in [2.45, 2.75) is 116 Å². The highest BCUT2D eigenvalue weighted by atomic mass is 32.2. The van der Waals surface area contributed by atoms with Crippen molar-refractivity contribution in [3.8, 4) is 0 Å². The summed E-state index contributed by atoms with van der Waals surface area (Å²) in [6.45, 7) is 7.49. The van der Waals surface area contributed by atoms with Gasteiger partial charge in [-0.15, -0.1) is 4.31 Å². The van der Waals surface area contributed by atoms with E-state index in [-0.39, 0.29) is 5.91 Å². The molecule has 0 saturated carbocycles. The van der Waals surface area contributed by atoms with Gasteiger partial charge in [0, 0.05) is 50.0 Å². The number of aliphatic imine (C=N–C) groups is 1. The summed E-state index contributed by atoms with van der Waals surface area (Å²) in [7, 11) is 1.66. The number of benzene rings is 1. The maximum absolute atomic E-state index is 13.2. The maximum atomic E-state index is 13.2. The van der Waals surface area contributed by atoms with Gasteiger partial charge in [0.1, 0.15) is 17.1 Å². The molecule has 3 rings (SSSR count). The van der Waals surface area contributed by atoms with Crippen LogP contribution in [0.25, 0.3) is 0 Å². The molecule has 0 aliphatic carbocycles. The Hall–Kier alpha value is -2.10. The second-order valence-corrected chi connectivity index (χ2v) is 13.2. The molecule has 1 aromatic rings. The Morgan fingerprint density at radius 2 is 1.57 bits per heavy atom. The number of nitrogens with two attached hydrogens (primary N) is 1. The number of anilines is 1. The van der Waals surface area contributed by atoms with Crippen molar-refractivity contribution in [1.29, 1.82) is 0 Å². The van der Waals surface area contributed by atoms with Gasteiger partial charge in [-0.25, -0.2) is 4.79 Å². The lowest BCUT2D eigenvalue weighted by molar-refractivity contribution is -0.124. The smallest absolute Gasteiger partial charge is 0.318 e. The fourth-order valence-corrected chi connectivity index (χ4v) is 7.11. The van der Waals surface area contributed by atoms with Gasteiger partial charge in [0.25, 0.3) is 5.91 Å². The Bertz CT molecular complexity index is 999. The summed E-state index contributed by atoms with van der Waals surface area (Å²) in [5.74, 6) is 1.39. The highest BCUT2D eigenvalue weighted by Crippen LogP contribution is 2.32. The van der Waals surface area contributed by atoms with Gasteiger partial charge >= 0.3 is 6.03 Å². The molecule has 40 heavy (non-hydrogen) atoms. The molecule has 224 valence electrons. The van der Waals surface area contributed by atoms with E-state index in [1.807, 2.05) is 30.3 Å². The summed E-state index contributed by atoms with van der Waals surface area (Å²) in [4.78, 5) is 30.7. The minimum atomic E-state index is -1.13. The van der Waals surface area contributed by atoms with Gasteiger partial charge in [0.05, 0.1) is 0 Å². The van der Waals surface area contributed by atoms with Crippen molar-refractivity contribution in [2.75, 3.05) is 30.8 Å². The third-order valence-electron chi connectivity index (χ3n) is 8.56. The lowest BCUT2D eigenvalue weighted by Gasteiger charge is -2.35. The molecule has 1 fully saturated rings. The molecule has 1 atom stereocenters. The number of amidine groups is 1. The number of piperidine rings is 1. The van der Waals surface area contributed by atoms with E-state index in [4.69, 9.17) is 10.7 Å². The van der Waals surface area contributed by atoms with E-state index in [0.717, 1.165) is 41.1 Å². The van der Waals surface area contributed by atoms with E-state index in [9.17, 15) is 14.1 Å². The molecular weight excluding hydrogens is 522 g/mol. The molecule has 0 aromatic heterocycles. The van der Waals surface area contributed by atoms with Crippen molar-refractivity contribution in [2.24, 2.45) is 10.7 Å². The Morgan fingerprint density at radius 3 is 2.12 bits per heavy atom. The van der Waals surface area contributed by atoms with Crippen molar-refractivity contribution in [3.05, 3.63) is 28.8 Å². The van der Waals surface area contributed by atoms with Crippen LogP contribution in [-0.2, 0) is 22.6 Å². The number of amides is 3. The molecule has 0 radical (unpaired) electrons. The average molecular weight is 574 g/mol. The van der Waals surface area contributed by atoms with E-state index in [1.54, 1.807) is 7.05 Å². The van der Waals surface area contributed by atoms with Crippen LogP contribution in [0.15, 0.2) is 17.1 Å². The largest absolute Gasteiger partial charge is 0.598 e.